The first kappa shape index (κ1) is 19.6. The zero-order chi connectivity index (χ0) is 20.9. The van der Waals surface area contributed by atoms with Crippen LogP contribution in [-0.4, -0.2) is 0 Å². The van der Waals surface area contributed by atoms with Gasteiger partial charge in [-0.1, -0.05) is 52.0 Å². The van der Waals surface area contributed by atoms with E-state index in [-0.39, 0.29) is 5.41 Å². The summed E-state index contributed by atoms with van der Waals surface area (Å²) in [5, 5.41) is 0. The van der Waals surface area contributed by atoms with Crippen molar-refractivity contribution in [2.45, 2.75) is 60.3 Å². The Morgan fingerprint density at radius 1 is 0.793 bits per heavy atom. The van der Waals surface area contributed by atoms with Gasteiger partial charge in [0.1, 0.15) is 0 Å². The van der Waals surface area contributed by atoms with Crippen molar-refractivity contribution in [1.82, 2.24) is 0 Å². The van der Waals surface area contributed by atoms with Crippen molar-refractivity contribution >= 4 is 17.1 Å². The standard InChI is InChI=1S/C27H31NO/c1-8-20-16-21(27(5,6)7)15-19(4)26(20)28-22-11-9-17(2)13-24(22)29-25-14-18(3)10-12-23(25)28/h9-16H,8H2,1-7H3. The van der Waals surface area contributed by atoms with Crippen LogP contribution < -0.4 is 9.64 Å². The van der Waals surface area contributed by atoms with Gasteiger partial charge in [-0.05, 0) is 84.7 Å². The molecule has 2 heteroatoms. The fraction of sp³-hybridized carbons (Fsp3) is 0.333. The molecule has 1 aliphatic rings. The minimum Gasteiger partial charge on any atom is -0.453 e. The molecule has 0 spiro atoms. The van der Waals surface area contributed by atoms with Gasteiger partial charge < -0.3 is 9.64 Å². The van der Waals surface area contributed by atoms with Crippen molar-refractivity contribution in [1.29, 1.82) is 0 Å². The average Bonchev–Trinajstić information content (AvgIpc) is 2.64. The summed E-state index contributed by atoms with van der Waals surface area (Å²) in [6.07, 6.45) is 0.986. The highest BCUT2D eigenvalue weighted by atomic mass is 16.5. The Labute approximate surface area is 175 Å². The van der Waals surface area contributed by atoms with Gasteiger partial charge in [-0.2, -0.15) is 0 Å². The van der Waals surface area contributed by atoms with Crippen LogP contribution in [0.2, 0.25) is 0 Å². The monoisotopic (exact) mass is 385 g/mol. The van der Waals surface area contributed by atoms with E-state index in [9.17, 15) is 0 Å². The molecule has 3 aromatic carbocycles. The molecule has 1 aliphatic heterocycles. The third-order valence-corrected chi connectivity index (χ3v) is 5.78. The molecule has 0 aliphatic carbocycles. The van der Waals surface area contributed by atoms with E-state index >= 15 is 0 Å². The van der Waals surface area contributed by atoms with E-state index in [1.807, 2.05) is 0 Å². The highest BCUT2D eigenvalue weighted by Crippen LogP contribution is 2.52. The van der Waals surface area contributed by atoms with E-state index in [0.717, 1.165) is 29.3 Å². The number of rotatable bonds is 2. The first-order chi connectivity index (χ1) is 13.7. The summed E-state index contributed by atoms with van der Waals surface area (Å²) < 4.78 is 6.34. The van der Waals surface area contributed by atoms with Crippen LogP contribution in [0, 0.1) is 20.8 Å². The normalized spacial score (nSPS) is 13.0. The smallest absolute Gasteiger partial charge is 0.151 e. The summed E-state index contributed by atoms with van der Waals surface area (Å²) in [6.45, 7) is 15.6. The zero-order valence-electron chi connectivity index (χ0n) is 18.7. The molecule has 0 saturated carbocycles. The van der Waals surface area contributed by atoms with Crippen molar-refractivity contribution in [3.63, 3.8) is 0 Å². The number of hydrogen-bond acceptors (Lipinski definition) is 2. The largest absolute Gasteiger partial charge is 0.453 e. The first-order valence-corrected chi connectivity index (χ1v) is 10.5. The van der Waals surface area contributed by atoms with Crippen LogP contribution >= 0.6 is 0 Å². The van der Waals surface area contributed by atoms with Gasteiger partial charge in [0, 0.05) is 0 Å². The summed E-state index contributed by atoms with van der Waals surface area (Å²) in [4.78, 5) is 2.40. The Hall–Kier alpha value is -2.74. The maximum Gasteiger partial charge on any atom is 0.151 e. The van der Waals surface area contributed by atoms with Crippen LogP contribution in [0.15, 0.2) is 48.5 Å². The quantitative estimate of drug-likeness (QED) is 0.346. The summed E-state index contributed by atoms with van der Waals surface area (Å²) in [5.74, 6) is 1.84. The topological polar surface area (TPSA) is 12.5 Å². The molecule has 0 aromatic heterocycles. The van der Waals surface area contributed by atoms with E-state index in [1.54, 1.807) is 0 Å². The lowest BCUT2D eigenvalue weighted by atomic mass is 9.84. The van der Waals surface area contributed by atoms with Crippen LogP contribution in [-0.2, 0) is 11.8 Å². The highest BCUT2D eigenvalue weighted by molar-refractivity contribution is 5.89. The summed E-state index contributed by atoms with van der Waals surface area (Å²) >= 11 is 0. The zero-order valence-corrected chi connectivity index (χ0v) is 18.7. The van der Waals surface area contributed by atoms with E-state index in [0.29, 0.717) is 0 Å². The van der Waals surface area contributed by atoms with Crippen molar-refractivity contribution in [3.8, 4) is 11.5 Å². The van der Waals surface area contributed by atoms with Crippen molar-refractivity contribution in [2.24, 2.45) is 0 Å². The second kappa shape index (κ2) is 6.95. The molecular formula is C27H31NO. The first-order valence-electron chi connectivity index (χ1n) is 10.5. The number of anilines is 3. The molecule has 150 valence electrons. The Morgan fingerprint density at radius 2 is 1.34 bits per heavy atom. The van der Waals surface area contributed by atoms with Gasteiger partial charge in [0.15, 0.2) is 11.5 Å². The van der Waals surface area contributed by atoms with Gasteiger partial charge >= 0.3 is 0 Å². The summed E-state index contributed by atoms with van der Waals surface area (Å²) in [6, 6.07) is 17.7. The Morgan fingerprint density at radius 3 is 1.83 bits per heavy atom. The molecule has 0 unspecified atom stereocenters. The van der Waals surface area contributed by atoms with E-state index in [4.69, 9.17) is 4.74 Å². The second-order valence-corrected chi connectivity index (χ2v) is 9.28. The SMILES string of the molecule is CCc1cc(C(C)(C)C)cc(C)c1N1c2ccc(C)cc2Oc2cc(C)ccc21. The van der Waals surface area contributed by atoms with Gasteiger partial charge in [0.05, 0.1) is 17.1 Å². The van der Waals surface area contributed by atoms with Crippen molar-refractivity contribution in [3.05, 3.63) is 76.3 Å². The maximum absolute atomic E-state index is 6.34. The Balaban J connectivity index is 2.01. The van der Waals surface area contributed by atoms with Crippen LogP contribution in [0.25, 0.3) is 0 Å². The van der Waals surface area contributed by atoms with Gasteiger partial charge in [-0.25, -0.2) is 0 Å². The highest BCUT2D eigenvalue weighted by Gasteiger charge is 2.29. The Kier molecular flexibility index (Phi) is 4.69. The fourth-order valence-corrected chi connectivity index (χ4v) is 4.14. The molecule has 0 fully saturated rings. The van der Waals surface area contributed by atoms with Crippen molar-refractivity contribution < 1.29 is 4.74 Å². The van der Waals surface area contributed by atoms with E-state index in [1.165, 1.54) is 33.5 Å². The van der Waals surface area contributed by atoms with Crippen molar-refractivity contribution in [2.75, 3.05) is 4.90 Å². The van der Waals surface area contributed by atoms with Gasteiger partial charge in [-0.15, -0.1) is 0 Å². The number of fused-ring (bicyclic) bond motifs is 2. The molecule has 2 nitrogen and oxygen atoms in total. The lowest BCUT2D eigenvalue weighted by Gasteiger charge is -2.36. The number of aryl methyl sites for hydroxylation is 4. The molecule has 0 N–H and O–H groups in total. The predicted octanol–water partition coefficient (Wildman–Crippen LogP) is 8.05. The third-order valence-electron chi connectivity index (χ3n) is 5.78. The minimum atomic E-state index is 0.127. The molecule has 0 saturated heterocycles. The Bertz CT molecular complexity index is 1040. The summed E-state index contributed by atoms with van der Waals surface area (Å²) in [7, 11) is 0. The summed E-state index contributed by atoms with van der Waals surface area (Å²) in [5.41, 5.74) is 10.1. The molecule has 29 heavy (non-hydrogen) atoms. The van der Waals surface area contributed by atoms with Crippen LogP contribution in [0.1, 0.15) is 55.5 Å². The lowest BCUT2D eigenvalue weighted by molar-refractivity contribution is 0.476. The number of hydrogen-bond donors (Lipinski definition) is 0. The number of benzene rings is 3. The van der Waals surface area contributed by atoms with E-state index in [2.05, 4.69) is 102 Å². The second-order valence-electron chi connectivity index (χ2n) is 9.28. The predicted molar refractivity (Wildman–Crippen MR) is 123 cm³/mol. The third kappa shape index (κ3) is 3.42. The van der Waals surface area contributed by atoms with Gasteiger partial charge in [0.25, 0.3) is 0 Å². The minimum absolute atomic E-state index is 0.127. The average molecular weight is 386 g/mol. The fourth-order valence-electron chi connectivity index (χ4n) is 4.14. The molecular weight excluding hydrogens is 354 g/mol. The van der Waals surface area contributed by atoms with Gasteiger partial charge in [-0.3, -0.25) is 0 Å². The molecule has 0 radical (unpaired) electrons. The molecule has 0 amide bonds. The van der Waals surface area contributed by atoms with E-state index < -0.39 is 0 Å². The maximum atomic E-state index is 6.34. The van der Waals surface area contributed by atoms with Crippen LogP contribution in [0.5, 0.6) is 11.5 Å². The lowest BCUT2D eigenvalue weighted by Crippen LogP contribution is -2.20. The molecule has 0 bridgehead atoms. The van der Waals surface area contributed by atoms with Crippen LogP contribution in [0.4, 0.5) is 17.1 Å². The molecule has 3 aromatic rings. The number of ether oxygens (including phenoxy) is 1. The van der Waals surface area contributed by atoms with Gasteiger partial charge in [0.2, 0.25) is 0 Å². The molecule has 4 rings (SSSR count). The number of nitrogens with zero attached hydrogens (tertiary/aromatic N) is 1. The molecule has 1 heterocycles. The molecule has 0 atom stereocenters. The van der Waals surface area contributed by atoms with Crippen LogP contribution in [0.3, 0.4) is 0 Å².